The number of thiophene rings is 1. The SMILES string of the molecule is O=C(c1cccs1)N1CCCC[C@@H](c2ccc(Cl)cc2)C1. The van der Waals surface area contributed by atoms with Gasteiger partial charge < -0.3 is 4.90 Å². The van der Waals surface area contributed by atoms with Gasteiger partial charge in [-0.1, -0.05) is 36.2 Å². The summed E-state index contributed by atoms with van der Waals surface area (Å²) in [5, 5.41) is 2.72. The molecule has 1 fully saturated rings. The van der Waals surface area contributed by atoms with Gasteiger partial charge in [-0.2, -0.15) is 0 Å². The van der Waals surface area contributed by atoms with Gasteiger partial charge in [-0.15, -0.1) is 11.3 Å². The first kappa shape index (κ1) is 14.6. The van der Waals surface area contributed by atoms with Crippen molar-refractivity contribution >= 4 is 28.8 Å². The van der Waals surface area contributed by atoms with Crippen LogP contribution in [0.2, 0.25) is 5.02 Å². The van der Waals surface area contributed by atoms with Crippen molar-refractivity contribution in [3.05, 3.63) is 57.2 Å². The Balaban J connectivity index is 1.77. The predicted molar refractivity (Wildman–Crippen MR) is 88.3 cm³/mol. The molecule has 0 aliphatic carbocycles. The van der Waals surface area contributed by atoms with Crippen LogP contribution in [0.3, 0.4) is 0 Å². The summed E-state index contributed by atoms with van der Waals surface area (Å²) in [6.07, 6.45) is 3.39. The highest BCUT2D eigenvalue weighted by atomic mass is 35.5. The van der Waals surface area contributed by atoms with Gasteiger partial charge in [-0.05, 0) is 42.0 Å². The van der Waals surface area contributed by atoms with E-state index in [1.54, 1.807) is 0 Å². The third kappa shape index (κ3) is 3.47. The monoisotopic (exact) mass is 319 g/mol. The zero-order valence-electron chi connectivity index (χ0n) is 11.8. The molecular formula is C17H18ClNOS. The smallest absolute Gasteiger partial charge is 0.263 e. The molecule has 0 saturated carbocycles. The van der Waals surface area contributed by atoms with E-state index in [2.05, 4.69) is 12.1 Å². The Morgan fingerprint density at radius 3 is 2.71 bits per heavy atom. The largest absolute Gasteiger partial charge is 0.337 e. The van der Waals surface area contributed by atoms with Crippen molar-refractivity contribution in [3.8, 4) is 0 Å². The van der Waals surface area contributed by atoms with Gasteiger partial charge in [0.05, 0.1) is 4.88 Å². The lowest BCUT2D eigenvalue weighted by Crippen LogP contribution is -2.33. The van der Waals surface area contributed by atoms with Gasteiger partial charge in [0.2, 0.25) is 0 Å². The van der Waals surface area contributed by atoms with Crippen LogP contribution in [-0.2, 0) is 0 Å². The molecule has 1 aromatic carbocycles. The number of rotatable bonds is 2. The Morgan fingerprint density at radius 1 is 1.19 bits per heavy atom. The molecule has 1 aliphatic rings. The van der Waals surface area contributed by atoms with Gasteiger partial charge in [0, 0.05) is 24.0 Å². The molecule has 1 aromatic heterocycles. The molecule has 21 heavy (non-hydrogen) atoms. The fourth-order valence-electron chi connectivity index (χ4n) is 2.89. The second-order valence-electron chi connectivity index (χ2n) is 5.47. The van der Waals surface area contributed by atoms with Crippen molar-refractivity contribution in [1.29, 1.82) is 0 Å². The summed E-state index contributed by atoms with van der Waals surface area (Å²) in [7, 11) is 0. The molecule has 0 bridgehead atoms. The Bertz CT molecular complexity index is 594. The second kappa shape index (κ2) is 6.63. The van der Waals surface area contributed by atoms with Crippen LogP contribution in [0, 0.1) is 0 Å². The highest BCUT2D eigenvalue weighted by Gasteiger charge is 2.24. The van der Waals surface area contributed by atoms with Crippen molar-refractivity contribution < 1.29 is 4.79 Å². The van der Waals surface area contributed by atoms with Gasteiger partial charge in [-0.3, -0.25) is 4.79 Å². The zero-order chi connectivity index (χ0) is 14.7. The minimum absolute atomic E-state index is 0.172. The van der Waals surface area contributed by atoms with Crippen LogP contribution in [-0.4, -0.2) is 23.9 Å². The maximum absolute atomic E-state index is 12.6. The van der Waals surface area contributed by atoms with E-state index in [0.29, 0.717) is 5.92 Å². The number of likely N-dealkylation sites (tertiary alicyclic amines) is 1. The summed E-state index contributed by atoms with van der Waals surface area (Å²) in [5.74, 6) is 0.583. The normalized spacial score (nSPS) is 19.3. The standard InChI is InChI=1S/C17H18ClNOS/c18-15-8-6-13(7-9-15)14-4-1-2-10-19(12-14)17(20)16-5-3-11-21-16/h3,5-9,11,14H,1-2,4,10,12H2/t14-/m1/s1. The molecule has 0 N–H and O–H groups in total. The number of carbonyl (C=O) groups excluding carboxylic acids is 1. The number of benzene rings is 1. The lowest BCUT2D eigenvalue weighted by atomic mass is 9.94. The number of nitrogens with zero attached hydrogens (tertiary/aromatic N) is 1. The van der Waals surface area contributed by atoms with Gasteiger partial charge in [0.15, 0.2) is 0 Å². The molecular weight excluding hydrogens is 302 g/mol. The molecule has 1 aliphatic heterocycles. The Morgan fingerprint density at radius 2 is 2.00 bits per heavy atom. The fraction of sp³-hybridized carbons (Fsp3) is 0.353. The molecule has 2 nitrogen and oxygen atoms in total. The summed E-state index contributed by atoms with van der Waals surface area (Å²) < 4.78 is 0. The first-order valence-electron chi connectivity index (χ1n) is 7.32. The first-order valence-corrected chi connectivity index (χ1v) is 8.58. The predicted octanol–water partition coefficient (Wildman–Crippen LogP) is 4.81. The van der Waals surface area contributed by atoms with E-state index in [0.717, 1.165) is 35.8 Å². The first-order chi connectivity index (χ1) is 10.2. The molecule has 0 radical (unpaired) electrons. The van der Waals surface area contributed by atoms with E-state index >= 15 is 0 Å². The molecule has 0 unspecified atom stereocenters. The van der Waals surface area contributed by atoms with Crippen LogP contribution in [0.1, 0.15) is 40.4 Å². The van der Waals surface area contributed by atoms with E-state index in [9.17, 15) is 4.79 Å². The number of hydrogen-bond acceptors (Lipinski definition) is 2. The Hall–Kier alpha value is -1.32. The molecule has 1 saturated heterocycles. The van der Waals surface area contributed by atoms with Crippen molar-refractivity contribution in [2.24, 2.45) is 0 Å². The van der Waals surface area contributed by atoms with E-state index < -0.39 is 0 Å². The second-order valence-corrected chi connectivity index (χ2v) is 6.86. The van der Waals surface area contributed by atoms with E-state index in [1.807, 2.05) is 34.5 Å². The summed E-state index contributed by atoms with van der Waals surface area (Å²) in [4.78, 5) is 15.4. The van der Waals surface area contributed by atoms with Crippen molar-refractivity contribution in [2.75, 3.05) is 13.1 Å². The lowest BCUT2D eigenvalue weighted by molar-refractivity contribution is 0.0759. The van der Waals surface area contributed by atoms with Gasteiger partial charge >= 0.3 is 0 Å². The summed E-state index contributed by atoms with van der Waals surface area (Å²) in [6, 6.07) is 11.9. The van der Waals surface area contributed by atoms with Crippen LogP contribution >= 0.6 is 22.9 Å². The molecule has 110 valence electrons. The average molecular weight is 320 g/mol. The zero-order valence-corrected chi connectivity index (χ0v) is 13.4. The highest BCUT2D eigenvalue weighted by Crippen LogP contribution is 2.28. The Kier molecular flexibility index (Phi) is 4.61. The van der Waals surface area contributed by atoms with Crippen LogP contribution in [0.15, 0.2) is 41.8 Å². The molecule has 2 heterocycles. The van der Waals surface area contributed by atoms with Gasteiger partial charge in [-0.25, -0.2) is 0 Å². The van der Waals surface area contributed by atoms with E-state index in [4.69, 9.17) is 11.6 Å². The molecule has 1 amide bonds. The number of hydrogen-bond donors (Lipinski definition) is 0. The minimum Gasteiger partial charge on any atom is -0.337 e. The van der Waals surface area contributed by atoms with Gasteiger partial charge in [0.25, 0.3) is 5.91 Å². The summed E-state index contributed by atoms with van der Waals surface area (Å²) >= 11 is 7.49. The molecule has 3 rings (SSSR count). The maximum atomic E-state index is 12.6. The topological polar surface area (TPSA) is 20.3 Å². The Labute approximate surface area is 134 Å². The van der Waals surface area contributed by atoms with Crippen LogP contribution in [0.4, 0.5) is 0 Å². The van der Waals surface area contributed by atoms with Crippen molar-refractivity contribution in [1.82, 2.24) is 4.90 Å². The summed E-state index contributed by atoms with van der Waals surface area (Å²) in [5.41, 5.74) is 1.28. The number of amides is 1. The van der Waals surface area contributed by atoms with Crippen molar-refractivity contribution in [2.45, 2.75) is 25.2 Å². The third-order valence-corrected chi connectivity index (χ3v) is 5.14. The summed E-state index contributed by atoms with van der Waals surface area (Å²) in [6.45, 7) is 1.67. The number of carbonyl (C=O) groups is 1. The average Bonchev–Trinajstić information content (AvgIpc) is 2.92. The van der Waals surface area contributed by atoms with Crippen LogP contribution < -0.4 is 0 Å². The minimum atomic E-state index is 0.172. The maximum Gasteiger partial charge on any atom is 0.263 e. The van der Waals surface area contributed by atoms with Crippen LogP contribution in [0.5, 0.6) is 0 Å². The lowest BCUT2D eigenvalue weighted by Gasteiger charge is -2.24. The third-order valence-electron chi connectivity index (χ3n) is 4.03. The fourth-order valence-corrected chi connectivity index (χ4v) is 3.71. The molecule has 0 spiro atoms. The van der Waals surface area contributed by atoms with Crippen molar-refractivity contribution in [3.63, 3.8) is 0 Å². The quantitative estimate of drug-likeness (QED) is 0.777. The van der Waals surface area contributed by atoms with Gasteiger partial charge in [0.1, 0.15) is 0 Å². The van der Waals surface area contributed by atoms with Crippen LogP contribution in [0.25, 0.3) is 0 Å². The molecule has 2 aromatic rings. The van der Waals surface area contributed by atoms with E-state index in [1.165, 1.54) is 23.3 Å². The number of halogens is 1. The van der Waals surface area contributed by atoms with E-state index in [-0.39, 0.29) is 5.91 Å². The molecule has 1 atom stereocenters. The molecule has 4 heteroatoms. The highest BCUT2D eigenvalue weighted by molar-refractivity contribution is 7.12.